The fourth-order valence-electron chi connectivity index (χ4n) is 2.42. The molecule has 0 radical (unpaired) electrons. The molecule has 1 spiro atoms. The van der Waals surface area contributed by atoms with E-state index in [4.69, 9.17) is 14.2 Å². The smallest absolute Gasteiger partial charge is 0.410 e. The van der Waals surface area contributed by atoms with Crippen LogP contribution in [0.25, 0.3) is 0 Å². The van der Waals surface area contributed by atoms with Crippen molar-refractivity contribution in [3.63, 3.8) is 0 Å². The summed E-state index contributed by atoms with van der Waals surface area (Å²) in [6.45, 7) is 5.13. The van der Waals surface area contributed by atoms with Gasteiger partial charge in [0, 0.05) is 19.4 Å². The predicted molar refractivity (Wildman–Crippen MR) is 63.0 cm³/mol. The minimum Gasteiger partial charge on any atom is -0.445 e. The van der Waals surface area contributed by atoms with Crippen LogP contribution in [0.15, 0.2) is 12.7 Å². The summed E-state index contributed by atoms with van der Waals surface area (Å²) >= 11 is 0. The van der Waals surface area contributed by atoms with Crippen molar-refractivity contribution in [1.29, 1.82) is 0 Å². The molecule has 6 nitrogen and oxygen atoms in total. The molecule has 2 saturated heterocycles. The van der Waals surface area contributed by atoms with Crippen molar-refractivity contribution in [2.75, 3.05) is 33.0 Å². The number of likely N-dealkylation sites (tertiary alicyclic amines) is 1. The third-order valence-electron chi connectivity index (χ3n) is 3.30. The van der Waals surface area contributed by atoms with Gasteiger partial charge in [-0.2, -0.15) is 0 Å². The van der Waals surface area contributed by atoms with Crippen molar-refractivity contribution in [2.24, 2.45) is 0 Å². The number of hydrogen-bond acceptors (Lipinski definition) is 5. The molecule has 2 fully saturated rings. The quantitative estimate of drug-likeness (QED) is 0.746. The summed E-state index contributed by atoms with van der Waals surface area (Å²) in [5, 5.41) is 9.40. The Morgan fingerprint density at radius 2 is 2.28 bits per heavy atom. The maximum Gasteiger partial charge on any atom is 0.410 e. The average molecular weight is 257 g/mol. The minimum absolute atomic E-state index is 0.127. The van der Waals surface area contributed by atoms with E-state index in [0.29, 0.717) is 32.6 Å². The second-order valence-electron chi connectivity index (χ2n) is 4.46. The van der Waals surface area contributed by atoms with Crippen molar-refractivity contribution in [2.45, 2.75) is 24.7 Å². The number of carbonyl (C=O) groups is 1. The molecule has 0 bridgehead atoms. The van der Waals surface area contributed by atoms with Crippen molar-refractivity contribution in [1.82, 2.24) is 4.90 Å². The highest BCUT2D eigenvalue weighted by molar-refractivity contribution is 5.68. The van der Waals surface area contributed by atoms with Crippen LogP contribution in [0.4, 0.5) is 4.79 Å². The molecule has 18 heavy (non-hydrogen) atoms. The van der Waals surface area contributed by atoms with Gasteiger partial charge >= 0.3 is 6.09 Å². The molecule has 0 aromatic rings. The van der Waals surface area contributed by atoms with Crippen LogP contribution in [0, 0.1) is 0 Å². The van der Waals surface area contributed by atoms with Crippen molar-refractivity contribution >= 4 is 6.09 Å². The lowest BCUT2D eigenvalue weighted by Gasteiger charge is -2.42. The molecule has 0 saturated carbocycles. The van der Waals surface area contributed by atoms with Crippen LogP contribution in [0.1, 0.15) is 12.8 Å². The topological polar surface area (TPSA) is 68.2 Å². The molecule has 0 aromatic heterocycles. The van der Waals surface area contributed by atoms with Gasteiger partial charge in [-0.15, -0.1) is 0 Å². The zero-order valence-electron chi connectivity index (χ0n) is 10.3. The van der Waals surface area contributed by atoms with Crippen molar-refractivity contribution < 1.29 is 24.1 Å². The summed E-state index contributed by atoms with van der Waals surface area (Å²) in [6, 6.07) is -0.325. The Hall–Kier alpha value is -1.11. The van der Waals surface area contributed by atoms with Gasteiger partial charge in [0.2, 0.25) is 0 Å². The number of nitrogens with zero attached hydrogens (tertiary/aromatic N) is 1. The Labute approximate surface area is 106 Å². The predicted octanol–water partition coefficient (Wildman–Crippen LogP) is 0.509. The van der Waals surface area contributed by atoms with Gasteiger partial charge in [0.25, 0.3) is 0 Å². The van der Waals surface area contributed by atoms with E-state index in [1.807, 2.05) is 0 Å². The van der Waals surface area contributed by atoms with E-state index in [2.05, 4.69) is 6.58 Å². The molecular formula is C12H19NO5. The number of carbonyl (C=O) groups excluding carboxylic acids is 1. The Kier molecular flexibility index (Phi) is 4.21. The van der Waals surface area contributed by atoms with E-state index >= 15 is 0 Å². The summed E-state index contributed by atoms with van der Waals surface area (Å²) < 4.78 is 16.2. The second kappa shape index (κ2) is 5.69. The molecule has 1 amide bonds. The van der Waals surface area contributed by atoms with E-state index < -0.39 is 11.9 Å². The number of amides is 1. The average Bonchev–Trinajstić information content (AvgIpc) is 2.84. The van der Waals surface area contributed by atoms with Gasteiger partial charge in [0.05, 0.1) is 25.9 Å². The normalized spacial score (nSPS) is 26.3. The van der Waals surface area contributed by atoms with Crippen LogP contribution in [-0.4, -0.2) is 60.9 Å². The standard InChI is InChI=1S/C12H19NO5/c1-2-5-16-11(15)13-4-3-12(8-10(13)9-14)17-6-7-18-12/h2,10,14H,1,3-9H2/t10-/m1/s1. The maximum atomic E-state index is 11.8. The molecule has 0 aliphatic carbocycles. The fourth-order valence-corrected chi connectivity index (χ4v) is 2.42. The Balaban J connectivity index is 1.97. The fraction of sp³-hybridized carbons (Fsp3) is 0.750. The summed E-state index contributed by atoms with van der Waals surface area (Å²) in [5.41, 5.74) is 0. The van der Waals surface area contributed by atoms with Crippen molar-refractivity contribution in [3.05, 3.63) is 12.7 Å². The third-order valence-corrected chi connectivity index (χ3v) is 3.30. The van der Waals surface area contributed by atoms with Crippen molar-refractivity contribution in [3.8, 4) is 0 Å². The maximum absolute atomic E-state index is 11.8. The number of aliphatic hydroxyl groups excluding tert-OH is 1. The summed E-state index contributed by atoms with van der Waals surface area (Å²) in [6.07, 6.45) is 2.17. The highest BCUT2D eigenvalue weighted by Crippen LogP contribution is 2.34. The van der Waals surface area contributed by atoms with E-state index in [0.717, 1.165) is 0 Å². The van der Waals surface area contributed by atoms with Crippen LogP contribution in [0.2, 0.25) is 0 Å². The van der Waals surface area contributed by atoms with Gasteiger partial charge in [0.1, 0.15) is 6.61 Å². The number of hydrogen-bond donors (Lipinski definition) is 1. The lowest BCUT2D eigenvalue weighted by atomic mass is 9.97. The molecule has 1 atom stereocenters. The summed E-state index contributed by atoms with van der Waals surface area (Å²) in [4.78, 5) is 13.3. The summed E-state index contributed by atoms with van der Waals surface area (Å²) in [7, 11) is 0. The molecule has 6 heteroatoms. The molecule has 2 aliphatic heterocycles. The molecule has 2 aliphatic rings. The van der Waals surface area contributed by atoms with Gasteiger partial charge < -0.3 is 24.2 Å². The first-order valence-corrected chi connectivity index (χ1v) is 6.14. The number of rotatable bonds is 3. The first-order chi connectivity index (χ1) is 8.71. The molecule has 0 unspecified atom stereocenters. The van der Waals surface area contributed by atoms with Crippen LogP contribution >= 0.6 is 0 Å². The monoisotopic (exact) mass is 257 g/mol. The molecule has 0 aromatic carbocycles. The first kappa shape index (κ1) is 13.3. The lowest BCUT2D eigenvalue weighted by molar-refractivity contribution is -0.196. The molecule has 2 heterocycles. The zero-order valence-corrected chi connectivity index (χ0v) is 10.3. The highest BCUT2D eigenvalue weighted by Gasteiger charge is 2.45. The van der Waals surface area contributed by atoms with E-state index in [1.165, 1.54) is 11.0 Å². The Bertz CT molecular complexity index is 314. The van der Waals surface area contributed by atoms with Gasteiger partial charge in [-0.3, -0.25) is 0 Å². The number of ether oxygens (including phenoxy) is 3. The van der Waals surface area contributed by atoms with Crippen LogP contribution < -0.4 is 0 Å². The van der Waals surface area contributed by atoms with E-state index in [1.54, 1.807) is 0 Å². The molecule has 2 rings (SSSR count). The largest absolute Gasteiger partial charge is 0.445 e. The van der Waals surface area contributed by atoms with Crippen LogP contribution in [0.3, 0.4) is 0 Å². The molecule has 1 N–H and O–H groups in total. The Morgan fingerprint density at radius 1 is 1.56 bits per heavy atom. The first-order valence-electron chi connectivity index (χ1n) is 6.14. The third kappa shape index (κ3) is 2.66. The Morgan fingerprint density at radius 3 is 2.89 bits per heavy atom. The lowest BCUT2D eigenvalue weighted by Crippen LogP contribution is -2.54. The van der Waals surface area contributed by atoms with Gasteiger partial charge in [-0.1, -0.05) is 12.7 Å². The summed E-state index contributed by atoms with van der Waals surface area (Å²) in [5.74, 6) is -0.622. The second-order valence-corrected chi connectivity index (χ2v) is 4.46. The van der Waals surface area contributed by atoms with Gasteiger partial charge in [-0.05, 0) is 0 Å². The van der Waals surface area contributed by atoms with E-state index in [9.17, 15) is 9.90 Å². The number of piperidine rings is 1. The SMILES string of the molecule is C=CCOC(=O)N1CCC2(C[C@@H]1CO)OCCO2. The zero-order chi connectivity index (χ0) is 13.0. The van der Waals surface area contributed by atoms with Gasteiger partial charge in [0.15, 0.2) is 5.79 Å². The van der Waals surface area contributed by atoms with E-state index in [-0.39, 0.29) is 19.3 Å². The minimum atomic E-state index is -0.622. The highest BCUT2D eigenvalue weighted by atomic mass is 16.7. The number of aliphatic hydroxyl groups is 1. The van der Waals surface area contributed by atoms with Crippen LogP contribution in [-0.2, 0) is 14.2 Å². The van der Waals surface area contributed by atoms with Crippen LogP contribution in [0.5, 0.6) is 0 Å². The molecular weight excluding hydrogens is 238 g/mol. The van der Waals surface area contributed by atoms with Gasteiger partial charge in [-0.25, -0.2) is 4.79 Å². The molecule has 102 valence electrons.